The van der Waals surface area contributed by atoms with Crippen LogP contribution in [-0.4, -0.2) is 23.6 Å². The number of nitrogens with one attached hydrogen (secondary N) is 1. The normalized spacial score (nSPS) is 30.6. The van der Waals surface area contributed by atoms with E-state index in [4.69, 9.17) is 4.98 Å². The summed E-state index contributed by atoms with van der Waals surface area (Å²) in [6, 6.07) is 7.80. The molecule has 2 heterocycles. The maximum atomic E-state index is 4.88. The summed E-state index contributed by atoms with van der Waals surface area (Å²) in [4.78, 5) is 7.38. The van der Waals surface area contributed by atoms with E-state index < -0.39 is 0 Å². The van der Waals surface area contributed by atoms with Crippen molar-refractivity contribution in [1.29, 1.82) is 0 Å². The molecule has 0 amide bonds. The molecule has 2 fully saturated rings. The van der Waals surface area contributed by atoms with Gasteiger partial charge in [0, 0.05) is 25.2 Å². The van der Waals surface area contributed by atoms with Crippen molar-refractivity contribution in [2.24, 2.45) is 11.8 Å². The Morgan fingerprint density at radius 2 is 2.05 bits per heavy atom. The third-order valence-electron chi connectivity index (χ3n) is 4.83. The van der Waals surface area contributed by atoms with E-state index in [1.165, 1.54) is 25.0 Å². The minimum absolute atomic E-state index is 0.588. The molecule has 0 radical (unpaired) electrons. The van der Waals surface area contributed by atoms with E-state index in [2.05, 4.69) is 49.2 Å². The van der Waals surface area contributed by atoms with Crippen LogP contribution in [0.5, 0.6) is 0 Å². The first-order valence-electron chi connectivity index (χ1n) is 8.09. The Morgan fingerprint density at radius 3 is 2.80 bits per heavy atom. The molecule has 3 rings (SSSR count). The Labute approximate surface area is 122 Å². The molecule has 3 atom stereocenters. The van der Waals surface area contributed by atoms with Crippen LogP contribution in [0.3, 0.4) is 0 Å². The molecule has 0 spiro atoms. The zero-order valence-corrected chi connectivity index (χ0v) is 13.0. The van der Waals surface area contributed by atoms with Gasteiger partial charge in [-0.3, -0.25) is 0 Å². The molecule has 2 aliphatic rings. The highest BCUT2D eigenvalue weighted by Gasteiger charge is 2.29. The first-order valence-corrected chi connectivity index (χ1v) is 8.09. The number of nitrogens with zero attached hydrogens (tertiary/aromatic N) is 2. The van der Waals surface area contributed by atoms with Gasteiger partial charge in [-0.1, -0.05) is 19.9 Å². The van der Waals surface area contributed by atoms with E-state index in [1.54, 1.807) is 0 Å². The Bertz CT molecular complexity index is 455. The lowest BCUT2D eigenvalue weighted by atomic mass is 9.86. The fraction of sp³-hybridized carbons (Fsp3) is 0.706. The standard InChI is InChI=1S/C17H27N3/c1-12-9-13(2)14(3)20(11-12)17-6-4-5-16(19-17)10-18-15-7-8-15/h4-6,12-15,18H,7-11H2,1-3H3. The molecular weight excluding hydrogens is 246 g/mol. The van der Waals surface area contributed by atoms with Crippen LogP contribution in [0.15, 0.2) is 18.2 Å². The number of hydrogen-bond donors (Lipinski definition) is 1. The van der Waals surface area contributed by atoms with E-state index in [9.17, 15) is 0 Å². The lowest BCUT2D eigenvalue weighted by Gasteiger charge is -2.42. The van der Waals surface area contributed by atoms with Crippen molar-refractivity contribution in [3.8, 4) is 0 Å². The van der Waals surface area contributed by atoms with Crippen molar-refractivity contribution in [3.63, 3.8) is 0 Å². The molecule has 0 aromatic carbocycles. The summed E-state index contributed by atoms with van der Waals surface area (Å²) in [5.74, 6) is 2.66. The number of anilines is 1. The van der Waals surface area contributed by atoms with Crippen LogP contribution in [0, 0.1) is 11.8 Å². The molecule has 0 bridgehead atoms. The molecule has 3 heteroatoms. The number of aromatic nitrogens is 1. The Hall–Kier alpha value is -1.09. The van der Waals surface area contributed by atoms with Gasteiger partial charge in [-0.15, -0.1) is 0 Å². The quantitative estimate of drug-likeness (QED) is 0.913. The largest absolute Gasteiger partial charge is 0.353 e. The first kappa shape index (κ1) is 13.9. The molecule has 20 heavy (non-hydrogen) atoms. The maximum Gasteiger partial charge on any atom is 0.129 e. The zero-order valence-electron chi connectivity index (χ0n) is 13.0. The van der Waals surface area contributed by atoms with Gasteiger partial charge in [-0.25, -0.2) is 4.98 Å². The Morgan fingerprint density at radius 1 is 1.25 bits per heavy atom. The molecule has 1 aromatic rings. The van der Waals surface area contributed by atoms with Gasteiger partial charge in [0.15, 0.2) is 0 Å². The summed E-state index contributed by atoms with van der Waals surface area (Å²) >= 11 is 0. The molecule has 1 N–H and O–H groups in total. The van der Waals surface area contributed by atoms with Crippen molar-refractivity contribution in [1.82, 2.24) is 10.3 Å². The van der Waals surface area contributed by atoms with Crippen molar-refractivity contribution in [2.75, 3.05) is 11.4 Å². The van der Waals surface area contributed by atoms with Gasteiger partial charge in [0.25, 0.3) is 0 Å². The van der Waals surface area contributed by atoms with Crippen LogP contribution in [0.2, 0.25) is 0 Å². The molecule has 1 aliphatic heterocycles. The SMILES string of the molecule is CC1CC(C)C(C)N(c2cccc(CNC3CC3)n2)C1. The Balaban J connectivity index is 1.72. The van der Waals surface area contributed by atoms with Crippen molar-refractivity contribution < 1.29 is 0 Å². The van der Waals surface area contributed by atoms with Crippen LogP contribution in [0.4, 0.5) is 5.82 Å². The second kappa shape index (κ2) is 5.72. The predicted molar refractivity (Wildman–Crippen MR) is 83.9 cm³/mol. The smallest absolute Gasteiger partial charge is 0.129 e. The van der Waals surface area contributed by atoms with Crippen molar-refractivity contribution >= 4 is 5.82 Å². The van der Waals surface area contributed by atoms with Crippen molar-refractivity contribution in [2.45, 2.75) is 58.7 Å². The molecular formula is C17H27N3. The summed E-state index contributed by atoms with van der Waals surface area (Å²) < 4.78 is 0. The summed E-state index contributed by atoms with van der Waals surface area (Å²) in [5.41, 5.74) is 1.17. The van der Waals surface area contributed by atoms with E-state index in [0.29, 0.717) is 6.04 Å². The number of hydrogen-bond acceptors (Lipinski definition) is 3. The van der Waals surface area contributed by atoms with E-state index in [1.807, 2.05) is 0 Å². The van der Waals surface area contributed by atoms with E-state index >= 15 is 0 Å². The summed E-state index contributed by atoms with van der Waals surface area (Å²) in [6.45, 7) is 9.11. The molecule has 110 valence electrons. The maximum absolute atomic E-state index is 4.88. The lowest BCUT2D eigenvalue weighted by molar-refractivity contribution is 0.295. The molecule has 3 nitrogen and oxygen atoms in total. The van der Waals surface area contributed by atoms with Gasteiger partial charge in [-0.05, 0) is 50.2 Å². The summed E-state index contributed by atoms with van der Waals surface area (Å²) in [7, 11) is 0. The zero-order chi connectivity index (χ0) is 14.1. The molecule has 1 saturated heterocycles. The summed E-state index contributed by atoms with van der Waals surface area (Å²) in [5, 5.41) is 3.55. The lowest BCUT2D eigenvalue weighted by Crippen LogP contribution is -2.46. The van der Waals surface area contributed by atoms with Crippen LogP contribution in [0.25, 0.3) is 0 Å². The Kier molecular flexibility index (Phi) is 3.97. The topological polar surface area (TPSA) is 28.2 Å². The third kappa shape index (κ3) is 3.14. The van der Waals surface area contributed by atoms with Gasteiger partial charge >= 0.3 is 0 Å². The predicted octanol–water partition coefficient (Wildman–Crippen LogP) is 3.20. The highest BCUT2D eigenvalue weighted by atomic mass is 15.2. The number of rotatable bonds is 4. The average molecular weight is 273 g/mol. The first-order chi connectivity index (χ1) is 9.63. The van der Waals surface area contributed by atoms with Gasteiger partial charge in [0.05, 0.1) is 5.69 Å². The van der Waals surface area contributed by atoms with Gasteiger partial charge in [-0.2, -0.15) is 0 Å². The van der Waals surface area contributed by atoms with E-state index in [0.717, 1.165) is 36.8 Å². The fourth-order valence-corrected chi connectivity index (χ4v) is 3.28. The van der Waals surface area contributed by atoms with Crippen LogP contribution in [-0.2, 0) is 6.54 Å². The summed E-state index contributed by atoms with van der Waals surface area (Å²) in [6.07, 6.45) is 4.00. The van der Waals surface area contributed by atoms with Gasteiger partial charge in [0.2, 0.25) is 0 Å². The molecule has 1 saturated carbocycles. The minimum atomic E-state index is 0.588. The molecule has 3 unspecified atom stereocenters. The van der Waals surface area contributed by atoms with Crippen LogP contribution < -0.4 is 10.2 Å². The second-order valence-corrected chi connectivity index (χ2v) is 6.85. The third-order valence-corrected chi connectivity index (χ3v) is 4.83. The van der Waals surface area contributed by atoms with Gasteiger partial charge < -0.3 is 10.2 Å². The molecule has 1 aromatic heterocycles. The minimum Gasteiger partial charge on any atom is -0.353 e. The van der Waals surface area contributed by atoms with Crippen LogP contribution in [0.1, 0.15) is 45.7 Å². The second-order valence-electron chi connectivity index (χ2n) is 6.85. The van der Waals surface area contributed by atoms with E-state index in [-0.39, 0.29) is 0 Å². The fourth-order valence-electron chi connectivity index (χ4n) is 3.28. The van der Waals surface area contributed by atoms with Crippen molar-refractivity contribution in [3.05, 3.63) is 23.9 Å². The molecule has 1 aliphatic carbocycles. The monoisotopic (exact) mass is 273 g/mol. The number of pyridine rings is 1. The average Bonchev–Trinajstić information content (AvgIpc) is 3.25. The van der Waals surface area contributed by atoms with Crippen LogP contribution >= 0.6 is 0 Å². The highest BCUT2D eigenvalue weighted by molar-refractivity contribution is 5.41. The van der Waals surface area contributed by atoms with Gasteiger partial charge in [0.1, 0.15) is 5.82 Å². The highest BCUT2D eigenvalue weighted by Crippen LogP contribution is 2.30. The number of piperidine rings is 1.